The van der Waals surface area contributed by atoms with Crippen LogP contribution < -0.4 is 5.73 Å². The largest absolute Gasteiger partial charge is 0.327 e. The van der Waals surface area contributed by atoms with E-state index in [1.807, 2.05) is 0 Å². The maximum atomic E-state index is 5.73. The lowest BCUT2D eigenvalue weighted by atomic mass is 9.98. The van der Waals surface area contributed by atoms with Gasteiger partial charge in [0.1, 0.15) is 0 Å². The molecule has 0 aliphatic rings. The smallest absolute Gasteiger partial charge is 0.00618 e. The molecule has 50 valence electrons. The van der Waals surface area contributed by atoms with Crippen LogP contribution in [-0.2, 0) is 0 Å². The van der Waals surface area contributed by atoms with Crippen molar-refractivity contribution in [2.24, 2.45) is 11.7 Å². The molecule has 0 spiro atoms. The first-order valence-electron chi connectivity index (χ1n) is 3.47. The van der Waals surface area contributed by atoms with Gasteiger partial charge >= 0.3 is 0 Å². The van der Waals surface area contributed by atoms with Crippen molar-refractivity contribution in [3.05, 3.63) is 0 Å². The lowest BCUT2D eigenvalue weighted by molar-refractivity contribution is 0.432. The summed E-state index contributed by atoms with van der Waals surface area (Å²) < 4.78 is 0. The van der Waals surface area contributed by atoms with Gasteiger partial charge in [-0.3, -0.25) is 0 Å². The molecule has 1 heteroatoms. The van der Waals surface area contributed by atoms with Gasteiger partial charge in [-0.1, -0.05) is 27.2 Å². The Kier molecular flexibility index (Phi) is 3.88. The quantitative estimate of drug-likeness (QED) is 0.596. The van der Waals surface area contributed by atoms with Crippen molar-refractivity contribution in [1.82, 2.24) is 0 Å². The van der Waals surface area contributed by atoms with Crippen LogP contribution in [0.2, 0.25) is 0 Å². The maximum absolute atomic E-state index is 5.73. The number of rotatable bonds is 3. The molecule has 0 radical (unpaired) electrons. The molecule has 0 aliphatic heterocycles. The van der Waals surface area contributed by atoms with E-state index in [1.165, 1.54) is 6.42 Å². The van der Waals surface area contributed by atoms with Crippen molar-refractivity contribution in [2.75, 3.05) is 0 Å². The summed E-state index contributed by atoms with van der Waals surface area (Å²) in [6.45, 7) is 6.52. The van der Waals surface area contributed by atoms with Gasteiger partial charge in [-0.15, -0.1) is 0 Å². The molecule has 0 amide bonds. The molecule has 0 saturated heterocycles. The van der Waals surface area contributed by atoms with Crippen LogP contribution in [0.15, 0.2) is 0 Å². The van der Waals surface area contributed by atoms with Gasteiger partial charge in [-0.25, -0.2) is 0 Å². The Morgan fingerprint density at radius 2 is 1.75 bits per heavy atom. The summed E-state index contributed by atoms with van der Waals surface area (Å²) in [5.41, 5.74) is 5.73. The minimum atomic E-state index is 0.417. The summed E-state index contributed by atoms with van der Waals surface area (Å²) in [6, 6.07) is 0.417. The molecule has 2 N–H and O–H groups in total. The molecule has 0 aromatic heterocycles. The van der Waals surface area contributed by atoms with E-state index in [1.54, 1.807) is 0 Å². The van der Waals surface area contributed by atoms with Crippen molar-refractivity contribution in [2.45, 2.75) is 39.7 Å². The molecule has 0 heterocycles. The highest BCUT2D eigenvalue weighted by Gasteiger charge is 2.05. The Balaban J connectivity index is 3.29. The van der Waals surface area contributed by atoms with E-state index >= 15 is 0 Å². The summed E-state index contributed by atoms with van der Waals surface area (Å²) in [4.78, 5) is 0. The average Bonchev–Trinajstić information content (AvgIpc) is 1.84. The predicted octanol–water partition coefficient (Wildman–Crippen LogP) is 1.77. The predicted molar refractivity (Wildman–Crippen MR) is 37.7 cm³/mol. The fourth-order valence-corrected chi connectivity index (χ4v) is 0.705. The molecule has 1 nitrogen and oxygen atoms in total. The molecule has 0 fully saturated rings. The Morgan fingerprint density at radius 1 is 1.25 bits per heavy atom. The zero-order valence-corrected chi connectivity index (χ0v) is 6.15. The van der Waals surface area contributed by atoms with Crippen LogP contribution in [0, 0.1) is 5.92 Å². The van der Waals surface area contributed by atoms with Crippen molar-refractivity contribution >= 4 is 0 Å². The van der Waals surface area contributed by atoms with Gasteiger partial charge in [0.05, 0.1) is 0 Å². The number of nitrogens with two attached hydrogens (primary N) is 1. The molecule has 0 aliphatic carbocycles. The SMILES string of the molecule is CCC(N)[C@@H](C)CC. The van der Waals surface area contributed by atoms with E-state index in [-0.39, 0.29) is 0 Å². The minimum Gasteiger partial charge on any atom is -0.327 e. The Morgan fingerprint density at radius 3 is 1.88 bits per heavy atom. The highest BCUT2D eigenvalue weighted by Crippen LogP contribution is 2.06. The third-order valence-electron chi connectivity index (χ3n) is 1.85. The molecule has 1 unspecified atom stereocenters. The average molecular weight is 115 g/mol. The number of hydrogen-bond donors (Lipinski definition) is 1. The zero-order chi connectivity index (χ0) is 6.57. The second-order valence-electron chi connectivity index (χ2n) is 2.46. The Labute approximate surface area is 52.3 Å². The monoisotopic (exact) mass is 115 g/mol. The zero-order valence-electron chi connectivity index (χ0n) is 6.15. The third-order valence-corrected chi connectivity index (χ3v) is 1.85. The topological polar surface area (TPSA) is 26.0 Å². The van der Waals surface area contributed by atoms with Crippen molar-refractivity contribution in [3.8, 4) is 0 Å². The van der Waals surface area contributed by atoms with E-state index < -0.39 is 0 Å². The first-order valence-corrected chi connectivity index (χ1v) is 3.47. The summed E-state index contributed by atoms with van der Waals surface area (Å²) in [5.74, 6) is 0.694. The second kappa shape index (κ2) is 3.90. The number of hydrogen-bond acceptors (Lipinski definition) is 1. The van der Waals surface area contributed by atoms with E-state index in [9.17, 15) is 0 Å². The molecule has 0 bridgehead atoms. The minimum absolute atomic E-state index is 0.417. The lowest BCUT2D eigenvalue weighted by Crippen LogP contribution is -2.26. The molecular weight excluding hydrogens is 98.1 g/mol. The van der Waals surface area contributed by atoms with Gasteiger partial charge < -0.3 is 5.73 Å². The van der Waals surface area contributed by atoms with Crippen LogP contribution in [-0.4, -0.2) is 6.04 Å². The second-order valence-corrected chi connectivity index (χ2v) is 2.46. The first kappa shape index (κ1) is 7.96. The van der Waals surface area contributed by atoms with E-state index in [0.717, 1.165) is 6.42 Å². The fraction of sp³-hybridized carbons (Fsp3) is 1.00. The van der Waals surface area contributed by atoms with Gasteiger partial charge in [0.15, 0.2) is 0 Å². The van der Waals surface area contributed by atoms with Gasteiger partial charge in [0.2, 0.25) is 0 Å². The molecule has 0 saturated carbocycles. The van der Waals surface area contributed by atoms with Crippen LogP contribution in [0.1, 0.15) is 33.6 Å². The lowest BCUT2D eigenvalue weighted by Gasteiger charge is -2.14. The van der Waals surface area contributed by atoms with E-state index in [0.29, 0.717) is 12.0 Å². The van der Waals surface area contributed by atoms with Gasteiger partial charge in [-0.2, -0.15) is 0 Å². The van der Waals surface area contributed by atoms with Crippen LogP contribution >= 0.6 is 0 Å². The van der Waals surface area contributed by atoms with E-state index in [4.69, 9.17) is 5.73 Å². The van der Waals surface area contributed by atoms with Gasteiger partial charge in [0.25, 0.3) is 0 Å². The summed E-state index contributed by atoms with van der Waals surface area (Å²) >= 11 is 0. The Bertz CT molecular complexity index is 44.3. The standard InChI is InChI=1S/C7H17N/c1-4-6(3)7(8)5-2/h6-7H,4-5,8H2,1-3H3/t6-,7?/m0/s1. The highest BCUT2D eigenvalue weighted by molar-refractivity contribution is 4.64. The van der Waals surface area contributed by atoms with Crippen molar-refractivity contribution < 1.29 is 0 Å². The van der Waals surface area contributed by atoms with Crippen LogP contribution in [0.25, 0.3) is 0 Å². The van der Waals surface area contributed by atoms with Crippen molar-refractivity contribution in [1.29, 1.82) is 0 Å². The van der Waals surface area contributed by atoms with Crippen molar-refractivity contribution in [3.63, 3.8) is 0 Å². The fourth-order valence-electron chi connectivity index (χ4n) is 0.705. The van der Waals surface area contributed by atoms with Crippen LogP contribution in [0.4, 0.5) is 0 Å². The Hall–Kier alpha value is -0.0400. The molecule has 8 heavy (non-hydrogen) atoms. The van der Waals surface area contributed by atoms with Gasteiger partial charge in [0, 0.05) is 6.04 Å². The molecule has 0 aromatic rings. The molecule has 2 atom stereocenters. The highest BCUT2D eigenvalue weighted by atomic mass is 14.6. The summed E-state index contributed by atoms with van der Waals surface area (Å²) in [7, 11) is 0. The third kappa shape index (κ3) is 2.31. The molecular formula is C7H17N. The summed E-state index contributed by atoms with van der Waals surface area (Å²) in [5, 5.41) is 0. The first-order chi connectivity index (χ1) is 3.72. The summed E-state index contributed by atoms with van der Waals surface area (Å²) in [6.07, 6.45) is 2.31. The van der Waals surface area contributed by atoms with Crippen LogP contribution in [0.5, 0.6) is 0 Å². The van der Waals surface area contributed by atoms with Crippen LogP contribution in [0.3, 0.4) is 0 Å². The van der Waals surface area contributed by atoms with E-state index in [2.05, 4.69) is 20.8 Å². The maximum Gasteiger partial charge on any atom is 0.00618 e. The molecule has 0 aromatic carbocycles. The normalized spacial score (nSPS) is 18.0. The van der Waals surface area contributed by atoms with Gasteiger partial charge in [-0.05, 0) is 12.3 Å². The molecule has 0 rings (SSSR count).